The van der Waals surface area contributed by atoms with Crippen LogP contribution in [0.2, 0.25) is 0 Å². The molecule has 0 unspecified atom stereocenters. The van der Waals surface area contributed by atoms with Crippen LogP contribution in [0, 0.1) is 17.8 Å². The molecule has 0 saturated heterocycles. The molecule has 2 N–H and O–H groups in total. The lowest BCUT2D eigenvalue weighted by molar-refractivity contribution is 0.139. The van der Waals surface area contributed by atoms with Gasteiger partial charge in [-0.15, -0.1) is 0 Å². The molecule has 3 heteroatoms. The summed E-state index contributed by atoms with van der Waals surface area (Å²) in [5.41, 5.74) is 1.85. The minimum Gasteiger partial charge on any atom is -0.392 e. The zero-order chi connectivity index (χ0) is 20.7. The van der Waals surface area contributed by atoms with E-state index in [0.29, 0.717) is 11.8 Å². The Morgan fingerprint density at radius 3 is 2.64 bits per heavy atom. The van der Waals surface area contributed by atoms with E-state index in [4.69, 9.17) is 0 Å². The van der Waals surface area contributed by atoms with E-state index in [9.17, 15) is 10.2 Å². The maximum absolute atomic E-state index is 10.5. The van der Waals surface area contributed by atoms with Crippen LogP contribution in [0.4, 0.5) is 0 Å². The summed E-state index contributed by atoms with van der Waals surface area (Å²) in [7, 11) is 2.22. The highest BCUT2D eigenvalue weighted by molar-refractivity contribution is 5.21. The molecule has 3 nitrogen and oxygen atoms in total. The Labute approximate surface area is 173 Å². The van der Waals surface area contributed by atoms with Crippen molar-refractivity contribution >= 4 is 0 Å². The van der Waals surface area contributed by atoms with Crippen LogP contribution in [0.15, 0.2) is 23.8 Å². The van der Waals surface area contributed by atoms with Crippen LogP contribution in [-0.4, -0.2) is 46.5 Å². The maximum Gasteiger partial charge on any atom is 0.0721 e. The molecular weight excluding hydrogens is 346 g/mol. The third kappa shape index (κ3) is 7.00. The molecule has 0 aliphatic heterocycles. The van der Waals surface area contributed by atoms with E-state index in [1.165, 1.54) is 32.1 Å². The van der Waals surface area contributed by atoms with E-state index >= 15 is 0 Å². The molecule has 0 spiro atoms. The molecule has 2 rings (SSSR count). The number of hydrogen-bond donors (Lipinski definition) is 2. The summed E-state index contributed by atoms with van der Waals surface area (Å²) in [6.07, 6.45) is 16.0. The van der Waals surface area contributed by atoms with Gasteiger partial charge < -0.3 is 15.1 Å². The summed E-state index contributed by atoms with van der Waals surface area (Å²) in [5.74, 6) is 1.29. The molecule has 0 aromatic carbocycles. The van der Waals surface area contributed by atoms with Gasteiger partial charge in [0.05, 0.1) is 12.2 Å². The summed E-state index contributed by atoms with van der Waals surface area (Å²) in [5, 5.41) is 20.7. The average Bonchev–Trinajstić information content (AvgIpc) is 3.12. The van der Waals surface area contributed by atoms with Gasteiger partial charge in [-0.1, -0.05) is 50.0 Å². The van der Waals surface area contributed by atoms with Gasteiger partial charge >= 0.3 is 0 Å². The molecule has 0 aromatic rings. The minimum atomic E-state index is -0.355. The van der Waals surface area contributed by atoms with Gasteiger partial charge in [0.25, 0.3) is 0 Å². The first-order valence-electron chi connectivity index (χ1n) is 11.7. The Balaban J connectivity index is 1.75. The van der Waals surface area contributed by atoms with E-state index in [1.54, 1.807) is 5.57 Å². The highest BCUT2D eigenvalue weighted by atomic mass is 16.3. The second-order valence-electron chi connectivity index (χ2n) is 10.2. The zero-order valence-corrected chi connectivity index (χ0v) is 19.0. The molecule has 0 radical (unpaired) electrons. The summed E-state index contributed by atoms with van der Waals surface area (Å²) in [6, 6.07) is 0. The Morgan fingerprint density at radius 1 is 1.21 bits per heavy atom. The Hall–Kier alpha value is -0.640. The first-order valence-corrected chi connectivity index (χ1v) is 11.7. The number of aliphatic hydroxyl groups is 2. The van der Waals surface area contributed by atoms with E-state index in [-0.39, 0.29) is 23.7 Å². The third-order valence-corrected chi connectivity index (χ3v) is 7.00. The Kier molecular flexibility index (Phi) is 9.24. The van der Waals surface area contributed by atoms with Gasteiger partial charge in [0.1, 0.15) is 0 Å². The van der Waals surface area contributed by atoms with E-state index < -0.39 is 0 Å². The zero-order valence-electron chi connectivity index (χ0n) is 19.0. The van der Waals surface area contributed by atoms with E-state index in [2.05, 4.69) is 51.8 Å². The number of fused-ring (bicyclic) bond motifs is 1. The van der Waals surface area contributed by atoms with Crippen LogP contribution in [0.3, 0.4) is 0 Å². The van der Waals surface area contributed by atoms with Crippen LogP contribution in [0.1, 0.15) is 85.5 Å². The van der Waals surface area contributed by atoms with Crippen molar-refractivity contribution in [3.63, 3.8) is 0 Å². The van der Waals surface area contributed by atoms with Gasteiger partial charge in [0, 0.05) is 11.5 Å². The Bertz CT molecular complexity index is 519. The minimum absolute atomic E-state index is 0.214. The lowest BCUT2D eigenvalue weighted by Gasteiger charge is -2.31. The number of aliphatic hydroxyl groups excluding tert-OH is 2. The third-order valence-electron chi connectivity index (χ3n) is 7.00. The quantitative estimate of drug-likeness (QED) is 0.370. The molecule has 0 amide bonds. The topological polar surface area (TPSA) is 43.7 Å². The number of nitrogens with zero attached hydrogens (tertiary/aromatic N) is 1. The maximum atomic E-state index is 10.5. The molecule has 0 bridgehead atoms. The second kappa shape index (κ2) is 10.9. The van der Waals surface area contributed by atoms with Crippen molar-refractivity contribution in [3.8, 4) is 0 Å². The summed E-state index contributed by atoms with van der Waals surface area (Å²) in [6.45, 7) is 10.2. The van der Waals surface area contributed by atoms with Gasteiger partial charge in [-0.05, 0) is 84.7 Å². The first-order chi connectivity index (χ1) is 13.2. The van der Waals surface area contributed by atoms with Gasteiger partial charge in [0.2, 0.25) is 0 Å². The number of unbranched alkanes of at least 4 members (excludes halogenated alkanes) is 3. The molecule has 28 heavy (non-hydrogen) atoms. The van der Waals surface area contributed by atoms with Crippen molar-refractivity contribution in [1.29, 1.82) is 0 Å². The van der Waals surface area contributed by atoms with Crippen molar-refractivity contribution in [3.05, 3.63) is 23.8 Å². The molecule has 5 atom stereocenters. The fourth-order valence-corrected chi connectivity index (χ4v) is 4.78. The normalized spacial score (nSPS) is 28.9. The van der Waals surface area contributed by atoms with Crippen LogP contribution in [-0.2, 0) is 0 Å². The smallest absolute Gasteiger partial charge is 0.0721 e. The number of hydrogen-bond acceptors (Lipinski definition) is 3. The summed E-state index contributed by atoms with van der Waals surface area (Å²) < 4.78 is 0. The van der Waals surface area contributed by atoms with Crippen molar-refractivity contribution in [2.45, 2.75) is 103 Å². The lowest BCUT2D eigenvalue weighted by atomic mass is 9.88. The molecule has 1 fully saturated rings. The Morgan fingerprint density at radius 2 is 1.96 bits per heavy atom. The summed E-state index contributed by atoms with van der Waals surface area (Å²) >= 11 is 0. The van der Waals surface area contributed by atoms with E-state index in [0.717, 1.165) is 32.2 Å². The predicted octanol–water partition coefficient (Wildman–Crippen LogP) is 5.33. The highest BCUT2D eigenvalue weighted by Crippen LogP contribution is 2.48. The van der Waals surface area contributed by atoms with Crippen LogP contribution < -0.4 is 0 Å². The van der Waals surface area contributed by atoms with Gasteiger partial charge in [0.15, 0.2) is 0 Å². The summed E-state index contributed by atoms with van der Waals surface area (Å²) in [4.78, 5) is 2.44. The molecule has 2 aliphatic rings. The molecule has 0 aromatic heterocycles. The molecule has 2 aliphatic carbocycles. The molecule has 162 valence electrons. The largest absolute Gasteiger partial charge is 0.392 e. The predicted molar refractivity (Wildman–Crippen MR) is 119 cm³/mol. The van der Waals surface area contributed by atoms with Crippen molar-refractivity contribution in [2.24, 2.45) is 17.8 Å². The fraction of sp³-hybridized carbons (Fsp3) is 0.840. The van der Waals surface area contributed by atoms with Crippen LogP contribution in [0.25, 0.3) is 0 Å². The first kappa shape index (κ1) is 23.6. The van der Waals surface area contributed by atoms with Gasteiger partial charge in [-0.2, -0.15) is 0 Å². The van der Waals surface area contributed by atoms with Gasteiger partial charge in [-0.3, -0.25) is 0 Å². The standard InChI is InChI=1S/C25H45NO2/c1-6-7-8-12-21(27)13-14-22-23-17-19(16-20(23)18-24(22)28)11-9-10-15-26(5)25(2,3)4/h13-14,16,20-24,27-28H,6-12,15,17-18H2,1-5H3/b14-13+/t20-,21-,22+,23-,24+/m0/s1. The lowest BCUT2D eigenvalue weighted by Crippen LogP contribution is -2.38. The molecular formula is C25H45NO2. The van der Waals surface area contributed by atoms with Crippen molar-refractivity contribution < 1.29 is 10.2 Å². The fourth-order valence-electron chi connectivity index (χ4n) is 4.78. The van der Waals surface area contributed by atoms with Crippen LogP contribution >= 0.6 is 0 Å². The average molecular weight is 392 g/mol. The SMILES string of the molecule is CCCCC[C@H](O)/C=C/[C@@H]1[C@H]2CC(CCCCN(C)C(C)(C)C)=C[C@H]2C[C@H]1O. The second-order valence-corrected chi connectivity index (χ2v) is 10.2. The monoisotopic (exact) mass is 391 g/mol. The highest BCUT2D eigenvalue weighted by Gasteiger charge is 2.43. The van der Waals surface area contributed by atoms with Crippen LogP contribution in [0.5, 0.6) is 0 Å². The molecule has 1 saturated carbocycles. The molecule has 0 heterocycles. The van der Waals surface area contributed by atoms with E-state index in [1.807, 2.05) is 6.08 Å². The number of rotatable bonds is 11. The van der Waals surface area contributed by atoms with Crippen molar-refractivity contribution in [1.82, 2.24) is 4.90 Å². The van der Waals surface area contributed by atoms with Crippen molar-refractivity contribution in [2.75, 3.05) is 13.6 Å². The number of allylic oxidation sites excluding steroid dienone is 2. The van der Waals surface area contributed by atoms with Gasteiger partial charge in [-0.25, -0.2) is 0 Å².